The molecule has 0 bridgehead atoms. The van der Waals surface area contributed by atoms with E-state index in [1.165, 1.54) is 6.42 Å². The van der Waals surface area contributed by atoms with Crippen LogP contribution in [0.15, 0.2) is 18.2 Å². The Morgan fingerprint density at radius 2 is 1.96 bits per heavy atom. The number of rotatable bonds is 6. The van der Waals surface area contributed by atoms with E-state index < -0.39 is 0 Å². The van der Waals surface area contributed by atoms with E-state index in [2.05, 4.69) is 16.4 Å². The Balaban J connectivity index is 2.03. The van der Waals surface area contributed by atoms with E-state index in [0.717, 1.165) is 24.2 Å². The van der Waals surface area contributed by atoms with Gasteiger partial charge in [-0.2, -0.15) is 5.26 Å². The molecule has 6 nitrogen and oxygen atoms in total. The second-order valence-electron chi connectivity index (χ2n) is 5.47. The zero-order chi connectivity index (χ0) is 16.2. The van der Waals surface area contributed by atoms with Gasteiger partial charge in [0.1, 0.15) is 6.07 Å². The van der Waals surface area contributed by atoms with Crippen LogP contribution in [-0.4, -0.2) is 28.2 Å². The molecule has 1 aromatic carbocycles. The molecule has 1 heterocycles. The van der Waals surface area contributed by atoms with Gasteiger partial charge in [-0.3, -0.25) is 0 Å². The molecule has 120 valence electrons. The SMILES string of the molecule is CCOc1ccc(-n2nnc(C#N)c2C2CCC2)cc1OCC. The van der Waals surface area contributed by atoms with Crippen molar-refractivity contribution in [2.45, 2.75) is 39.0 Å². The Hall–Kier alpha value is -2.55. The highest BCUT2D eigenvalue weighted by molar-refractivity contribution is 5.50. The van der Waals surface area contributed by atoms with Crippen LogP contribution in [0.2, 0.25) is 0 Å². The molecule has 0 atom stereocenters. The second-order valence-corrected chi connectivity index (χ2v) is 5.47. The summed E-state index contributed by atoms with van der Waals surface area (Å²) in [4.78, 5) is 0. The van der Waals surface area contributed by atoms with Crippen molar-refractivity contribution in [2.75, 3.05) is 13.2 Å². The summed E-state index contributed by atoms with van der Waals surface area (Å²) in [5.41, 5.74) is 2.17. The maximum Gasteiger partial charge on any atom is 0.186 e. The summed E-state index contributed by atoms with van der Waals surface area (Å²) >= 11 is 0. The minimum Gasteiger partial charge on any atom is -0.490 e. The molecule has 6 heteroatoms. The van der Waals surface area contributed by atoms with Gasteiger partial charge < -0.3 is 9.47 Å². The van der Waals surface area contributed by atoms with Crippen LogP contribution in [0.4, 0.5) is 0 Å². The Kier molecular flexibility index (Phi) is 4.47. The van der Waals surface area contributed by atoms with Crippen molar-refractivity contribution in [1.29, 1.82) is 5.26 Å². The van der Waals surface area contributed by atoms with Crippen LogP contribution in [0.1, 0.15) is 50.4 Å². The van der Waals surface area contributed by atoms with E-state index in [0.29, 0.717) is 36.3 Å². The third-order valence-electron chi connectivity index (χ3n) is 4.07. The monoisotopic (exact) mass is 312 g/mol. The van der Waals surface area contributed by atoms with Crippen molar-refractivity contribution in [3.63, 3.8) is 0 Å². The van der Waals surface area contributed by atoms with Gasteiger partial charge in [0.05, 0.1) is 24.6 Å². The molecule has 1 saturated carbocycles. The van der Waals surface area contributed by atoms with Gasteiger partial charge in [0.15, 0.2) is 17.2 Å². The van der Waals surface area contributed by atoms with Crippen LogP contribution < -0.4 is 9.47 Å². The number of benzene rings is 1. The molecule has 0 N–H and O–H groups in total. The van der Waals surface area contributed by atoms with Gasteiger partial charge in [0.2, 0.25) is 0 Å². The normalized spacial score (nSPS) is 14.1. The number of hydrogen-bond donors (Lipinski definition) is 0. The summed E-state index contributed by atoms with van der Waals surface area (Å²) in [5.74, 6) is 1.76. The van der Waals surface area contributed by atoms with Gasteiger partial charge in [-0.05, 0) is 38.8 Å². The third kappa shape index (κ3) is 2.87. The molecule has 0 amide bonds. The zero-order valence-electron chi connectivity index (χ0n) is 13.5. The molecule has 0 aliphatic heterocycles. The molecule has 0 spiro atoms. The highest BCUT2D eigenvalue weighted by atomic mass is 16.5. The average Bonchev–Trinajstić information content (AvgIpc) is 2.91. The number of aromatic nitrogens is 3. The van der Waals surface area contributed by atoms with Crippen molar-refractivity contribution >= 4 is 0 Å². The van der Waals surface area contributed by atoms with Gasteiger partial charge >= 0.3 is 0 Å². The fraction of sp³-hybridized carbons (Fsp3) is 0.471. The third-order valence-corrected chi connectivity index (χ3v) is 4.07. The Morgan fingerprint density at radius 3 is 2.57 bits per heavy atom. The van der Waals surface area contributed by atoms with E-state index in [-0.39, 0.29) is 0 Å². The highest BCUT2D eigenvalue weighted by Gasteiger charge is 2.28. The van der Waals surface area contributed by atoms with E-state index in [1.54, 1.807) is 4.68 Å². The molecule has 1 aliphatic carbocycles. The van der Waals surface area contributed by atoms with Crippen LogP contribution in [0, 0.1) is 11.3 Å². The van der Waals surface area contributed by atoms with Crippen LogP contribution in [0.5, 0.6) is 11.5 Å². The predicted octanol–water partition coefficient (Wildman–Crippen LogP) is 3.20. The second kappa shape index (κ2) is 6.69. The van der Waals surface area contributed by atoms with Crippen molar-refractivity contribution < 1.29 is 9.47 Å². The molecule has 1 aromatic heterocycles. The summed E-state index contributed by atoms with van der Waals surface area (Å²) in [6, 6.07) is 7.85. The number of ether oxygens (including phenoxy) is 2. The lowest BCUT2D eigenvalue weighted by atomic mass is 9.82. The molecular weight excluding hydrogens is 292 g/mol. The average molecular weight is 312 g/mol. The molecule has 23 heavy (non-hydrogen) atoms. The van der Waals surface area contributed by atoms with Gasteiger partial charge in [0.25, 0.3) is 0 Å². The lowest BCUT2D eigenvalue weighted by Crippen LogP contribution is -2.15. The molecule has 2 aromatic rings. The topological polar surface area (TPSA) is 73.0 Å². The zero-order valence-corrected chi connectivity index (χ0v) is 13.5. The van der Waals surface area contributed by atoms with Crippen LogP contribution >= 0.6 is 0 Å². The molecule has 1 fully saturated rings. The van der Waals surface area contributed by atoms with E-state index in [4.69, 9.17) is 9.47 Å². The minimum atomic E-state index is 0.363. The van der Waals surface area contributed by atoms with E-state index >= 15 is 0 Å². The summed E-state index contributed by atoms with van der Waals surface area (Å²) in [5, 5.41) is 17.5. The maximum absolute atomic E-state index is 9.29. The summed E-state index contributed by atoms with van der Waals surface area (Å²) < 4.78 is 13.0. The maximum atomic E-state index is 9.29. The molecular formula is C17H20N4O2. The lowest BCUT2D eigenvalue weighted by Gasteiger charge is -2.25. The lowest BCUT2D eigenvalue weighted by molar-refractivity contribution is 0.287. The van der Waals surface area contributed by atoms with E-state index in [9.17, 15) is 5.26 Å². The molecule has 0 radical (unpaired) electrons. The predicted molar refractivity (Wildman–Crippen MR) is 85.0 cm³/mol. The van der Waals surface area contributed by atoms with Gasteiger partial charge in [0, 0.05) is 12.0 Å². The van der Waals surface area contributed by atoms with Gasteiger partial charge in [-0.25, -0.2) is 4.68 Å². The smallest absolute Gasteiger partial charge is 0.186 e. The van der Waals surface area contributed by atoms with Gasteiger partial charge in [-0.1, -0.05) is 11.6 Å². The van der Waals surface area contributed by atoms with Crippen LogP contribution in [0.25, 0.3) is 5.69 Å². The van der Waals surface area contributed by atoms with Crippen molar-refractivity contribution in [3.8, 4) is 23.3 Å². The first kappa shape index (κ1) is 15.3. The van der Waals surface area contributed by atoms with Crippen LogP contribution in [0.3, 0.4) is 0 Å². The first-order valence-electron chi connectivity index (χ1n) is 8.04. The molecule has 3 rings (SSSR count). The standard InChI is InChI=1S/C17H20N4O2/c1-3-22-15-9-8-13(10-16(15)23-4-2)21-17(12-6-5-7-12)14(11-18)19-20-21/h8-10,12H,3-7H2,1-2H3. The summed E-state index contributed by atoms with van der Waals surface area (Å²) in [6.07, 6.45) is 3.35. The Labute approximate surface area is 135 Å². The van der Waals surface area contributed by atoms with E-state index in [1.807, 2.05) is 32.0 Å². The van der Waals surface area contributed by atoms with Crippen molar-refractivity contribution in [3.05, 3.63) is 29.6 Å². The first-order valence-corrected chi connectivity index (χ1v) is 8.04. The molecule has 0 saturated heterocycles. The highest BCUT2D eigenvalue weighted by Crippen LogP contribution is 2.39. The van der Waals surface area contributed by atoms with Gasteiger partial charge in [-0.15, -0.1) is 5.10 Å². The quantitative estimate of drug-likeness (QED) is 0.819. The summed E-state index contributed by atoms with van der Waals surface area (Å²) in [6.45, 7) is 5.01. The number of hydrogen-bond acceptors (Lipinski definition) is 5. The Bertz CT molecular complexity index is 729. The minimum absolute atomic E-state index is 0.363. The molecule has 0 unspecified atom stereocenters. The van der Waals surface area contributed by atoms with Crippen LogP contribution in [-0.2, 0) is 0 Å². The molecule has 1 aliphatic rings. The van der Waals surface area contributed by atoms with Crippen molar-refractivity contribution in [2.24, 2.45) is 0 Å². The first-order chi connectivity index (χ1) is 11.3. The largest absolute Gasteiger partial charge is 0.490 e. The fourth-order valence-corrected chi connectivity index (χ4v) is 2.78. The fourth-order valence-electron chi connectivity index (χ4n) is 2.78. The van der Waals surface area contributed by atoms with Crippen molar-refractivity contribution in [1.82, 2.24) is 15.0 Å². The number of nitriles is 1. The Morgan fingerprint density at radius 1 is 1.22 bits per heavy atom. The number of nitrogens with zero attached hydrogens (tertiary/aromatic N) is 4. The summed E-state index contributed by atoms with van der Waals surface area (Å²) in [7, 11) is 0.